The van der Waals surface area contributed by atoms with E-state index in [-0.39, 0.29) is 11.6 Å². The molecule has 1 fully saturated rings. The molecule has 3 rings (SSSR count). The Morgan fingerprint density at radius 1 is 1.38 bits per heavy atom. The summed E-state index contributed by atoms with van der Waals surface area (Å²) in [7, 11) is 0. The second kappa shape index (κ2) is 6.13. The lowest BCUT2D eigenvalue weighted by atomic mass is 9.84. The summed E-state index contributed by atoms with van der Waals surface area (Å²) in [5, 5.41) is 0.764. The van der Waals surface area contributed by atoms with Crippen LogP contribution in [-0.4, -0.2) is 24.9 Å². The number of fused-ring (bicyclic) bond motifs is 1. The molecular weight excluding hydrogens is 288 g/mol. The van der Waals surface area contributed by atoms with Crippen molar-refractivity contribution >= 4 is 11.6 Å². The molecule has 1 saturated heterocycles. The van der Waals surface area contributed by atoms with Crippen LogP contribution in [0.5, 0.6) is 5.75 Å². The molecule has 3 N–H and O–H groups in total. The van der Waals surface area contributed by atoms with Crippen LogP contribution in [0, 0.1) is 0 Å². The van der Waals surface area contributed by atoms with E-state index in [1.807, 2.05) is 12.1 Å². The molecule has 0 bridgehead atoms. The molecule has 116 valence electrons. The highest BCUT2D eigenvalue weighted by atomic mass is 35.5. The Bertz CT molecular complexity index is 515. The molecule has 0 aliphatic carbocycles. The number of ether oxygens (including phenoxy) is 2. The lowest BCUT2D eigenvalue weighted by molar-refractivity contribution is -0.0885. The normalized spacial score (nSPS) is 26.2. The minimum absolute atomic E-state index is 0.0459. The van der Waals surface area contributed by atoms with Crippen molar-refractivity contribution in [3.63, 3.8) is 0 Å². The van der Waals surface area contributed by atoms with Gasteiger partial charge in [-0.2, -0.15) is 0 Å². The monoisotopic (exact) mass is 310 g/mol. The van der Waals surface area contributed by atoms with Gasteiger partial charge < -0.3 is 9.47 Å². The van der Waals surface area contributed by atoms with Crippen molar-refractivity contribution in [2.75, 3.05) is 13.2 Å². The summed E-state index contributed by atoms with van der Waals surface area (Å²) in [6, 6.07) is 4.03. The van der Waals surface area contributed by atoms with Gasteiger partial charge in [-0.3, -0.25) is 11.3 Å². The van der Waals surface area contributed by atoms with E-state index < -0.39 is 0 Å². The molecule has 1 aromatic carbocycles. The fourth-order valence-corrected chi connectivity index (χ4v) is 3.66. The van der Waals surface area contributed by atoms with Crippen molar-refractivity contribution in [3.05, 3.63) is 28.3 Å². The summed E-state index contributed by atoms with van der Waals surface area (Å²) in [6.07, 6.45) is 5.01. The molecule has 0 saturated carbocycles. The van der Waals surface area contributed by atoms with Crippen LogP contribution in [0.25, 0.3) is 0 Å². The number of halogens is 1. The third-order valence-corrected chi connectivity index (χ3v) is 4.91. The number of benzene rings is 1. The average Bonchev–Trinajstić information content (AvgIpc) is 2.93. The fraction of sp³-hybridized carbons (Fsp3) is 0.625. The van der Waals surface area contributed by atoms with E-state index in [9.17, 15) is 0 Å². The summed E-state index contributed by atoms with van der Waals surface area (Å²) < 4.78 is 11.8. The van der Waals surface area contributed by atoms with Gasteiger partial charge in [-0.15, -0.1) is 0 Å². The number of hydrogen-bond acceptors (Lipinski definition) is 4. The van der Waals surface area contributed by atoms with Gasteiger partial charge in [0.15, 0.2) is 0 Å². The molecule has 2 aliphatic heterocycles. The predicted molar refractivity (Wildman–Crippen MR) is 83.7 cm³/mol. The molecule has 5 heteroatoms. The Labute approximate surface area is 130 Å². The number of nitrogens with two attached hydrogens (primary N) is 1. The first-order valence-electron chi connectivity index (χ1n) is 7.66. The lowest BCUT2D eigenvalue weighted by Crippen LogP contribution is -2.55. The number of rotatable bonds is 4. The van der Waals surface area contributed by atoms with Gasteiger partial charge >= 0.3 is 0 Å². The van der Waals surface area contributed by atoms with Crippen molar-refractivity contribution < 1.29 is 9.47 Å². The average molecular weight is 311 g/mol. The molecule has 2 aliphatic rings. The smallest absolute Gasteiger partial charge is 0.125 e. The van der Waals surface area contributed by atoms with E-state index >= 15 is 0 Å². The topological polar surface area (TPSA) is 56.5 Å². The van der Waals surface area contributed by atoms with Crippen LogP contribution >= 0.6 is 11.6 Å². The van der Waals surface area contributed by atoms with Gasteiger partial charge in [0.2, 0.25) is 0 Å². The number of nitrogens with one attached hydrogen (secondary N) is 1. The highest BCUT2D eigenvalue weighted by molar-refractivity contribution is 6.30. The van der Waals surface area contributed by atoms with E-state index in [0.29, 0.717) is 0 Å². The highest BCUT2D eigenvalue weighted by Gasteiger charge is 2.37. The van der Waals surface area contributed by atoms with Crippen LogP contribution in [0.2, 0.25) is 5.02 Å². The van der Waals surface area contributed by atoms with Crippen molar-refractivity contribution in [1.82, 2.24) is 5.43 Å². The summed E-state index contributed by atoms with van der Waals surface area (Å²) in [5.41, 5.74) is 5.03. The molecule has 21 heavy (non-hydrogen) atoms. The quantitative estimate of drug-likeness (QED) is 0.663. The first-order valence-corrected chi connectivity index (χ1v) is 8.04. The maximum absolute atomic E-state index is 6.24. The Morgan fingerprint density at radius 3 is 2.95 bits per heavy atom. The Hall–Kier alpha value is -0.810. The Balaban J connectivity index is 1.84. The van der Waals surface area contributed by atoms with Crippen molar-refractivity contribution in [3.8, 4) is 5.75 Å². The summed E-state index contributed by atoms with van der Waals surface area (Å²) in [6.45, 7) is 3.68. The molecule has 4 nitrogen and oxygen atoms in total. The number of hydrazine groups is 1. The van der Waals surface area contributed by atoms with E-state index in [0.717, 1.165) is 55.2 Å². The first kappa shape index (κ1) is 15.1. The highest BCUT2D eigenvalue weighted by Crippen LogP contribution is 2.36. The lowest BCUT2D eigenvalue weighted by Gasteiger charge is -2.40. The molecule has 2 heterocycles. The zero-order valence-corrected chi connectivity index (χ0v) is 13.2. The first-order chi connectivity index (χ1) is 10.1. The molecule has 1 aromatic rings. The molecular formula is C16H23ClN2O2. The zero-order chi connectivity index (χ0) is 14.9. The van der Waals surface area contributed by atoms with Crippen LogP contribution in [0.15, 0.2) is 12.1 Å². The van der Waals surface area contributed by atoms with Gasteiger partial charge in [0.25, 0.3) is 0 Å². The van der Waals surface area contributed by atoms with Crippen molar-refractivity contribution in [1.29, 1.82) is 0 Å². The van der Waals surface area contributed by atoms with Crippen LogP contribution < -0.4 is 16.0 Å². The fourth-order valence-electron chi connectivity index (χ4n) is 3.40. The zero-order valence-electron chi connectivity index (χ0n) is 12.5. The molecule has 0 aromatic heterocycles. The van der Waals surface area contributed by atoms with Crippen LogP contribution in [0.3, 0.4) is 0 Å². The van der Waals surface area contributed by atoms with Crippen LogP contribution in [0.1, 0.15) is 37.3 Å². The standard InChI is InChI=1S/C16H23ClN2O2/c1-16(5-2-3-6-21-16)14(19-18)10-12-9-13(17)8-11-4-7-20-15(11)12/h8-9,14,19H,2-7,10,18H2,1H3. The summed E-state index contributed by atoms with van der Waals surface area (Å²) in [4.78, 5) is 0. The summed E-state index contributed by atoms with van der Waals surface area (Å²) >= 11 is 6.24. The van der Waals surface area contributed by atoms with Gasteiger partial charge in [0.1, 0.15) is 5.75 Å². The summed E-state index contributed by atoms with van der Waals surface area (Å²) in [5.74, 6) is 6.80. The van der Waals surface area contributed by atoms with E-state index in [1.165, 1.54) is 12.0 Å². The van der Waals surface area contributed by atoms with Crippen molar-refractivity contribution in [2.45, 2.75) is 50.7 Å². The Kier molecular flexibility index (Phi) is 4.41. The van der Waals surface area contributed by atoms with E-state index in [1.54, 1.807) is 0 Å². The minimum Gasteiger partial charge on any atom is -0.493 e. The third-order valence-electron chi connectivity index (χ3n) is 4.69. The maximum Gasteiger partial charge on any atom is 0.125 e. The van der Waals surface area contributed by atoms with E-state index in [2.05, 4.69) is 12.3 Å². The van der Waals surface area contributed by atoms with E-state index in [4.69, 9.17) is 26.9 Å². The van der Waals surface area contributed by atoms with Gasteiger partial charge in [0.05, 0.1) is 18.2 Å². The maximum atomic E-state index is 6.24. The van der Waals surface area contributed by atoms with Gasteiger partial charge in [-0.05, 0) is 55.9 Å². The second-order valence-corrected chi connectivity index (χ2v) is 6.63. The van der Waals surface area contributed by atoms with Crippen LogP contribution in [-0.2, 0) is 17.6 Å². The SMILES string of the molecule is CC1(C(Cc2cc(Cl)cc3c2OCC3)NN)CCCCO1. The molecule has 2 atom stereocenters. The molecule has 2 unspecified atom stereocenters. The third kappa shape index (κ3) is 3.04. The second-order valence-electron chi connectivity index (χ2n) is 6.19. The predicted octanol–water partition coefficient (Wildman–Crippen LogP) is 2.61. The van der Waals surface area contributed by atoms with Gasteiger partial charge in [0, 0.05) is 18.1 Å². The minimum atomic E-state index is -0.235. The number of hydrogen-bond donors (Lipinski definition) is 2. The van der Waals surface area contributed by atoms with Crippen LogP contribution in [0.4, 0.5) is 0 Å². The molecule has 0 spiro atoms. The van der Waals surface area contributed by atoms with Gasteiger partial charge in [-0.1, -0.05) is 11.6 Å². The van der Waals surface area contributed by atoms with Gasteiger partial charge in [-0.25, -0.2) is 0 Å². The largest absolute Gasteiger partial charge is 0.493 e. The molecule has 0 radical (unpaired) electrons. The Morgan fingerprint density at radius 2 is 2.24 bits per heavy atom. The molecule has 0 amide bonds. The van der Waals surface area contributed by atoms with Crippen molar-refractivity contribution in [2.24, 2.45) is 5.84 Å².